The summed E-state index contributed by atoms with van der Waals surface area (Å²) in [6.07, 6.45) is 36.8. The van der Waals surface area contributed by atoms with E-state index in [1.54, 1.807) is 0 Å². The largest absolute Gasteiger partial charge is 0.472 e. The van der Waals surface area contributed by atoms with Crippen LogP contribution in [0.5, 0.6) is 0 Å². The number of carbonyl (C=O) groups is 1. The fraction of sp³-hybridized carbons (Fsp3) is 0.974. The second-order valence-corrected chi connectivity index (χ2v) is 15.3. The van der Waals surface area contributed by atoms with Gasteiger partial charge in [0.1, 0.15) is 6.10 Å². The highest BCUT2D eigenvalue weighted by molar-refractivity contribution is 7.47. The summed E-state index contributed by atoms with van der Waals surface area (Å²) in [6, 6.07) is 0. The molecule has 48 heavy (non-hydrogen) atoms. The van der Waals surface area contributed by atoms with Gasteiger partial charge in [0.15, 0.2) is 0 Å². The molecule has 0 heterocycles. The first kappa shape index (κ1) is 47.5. The lowest BCUT2D eigenvalue weighted by atomic mass is 10.0. The van der Waals surface area contributed by atoms with Crippen LogP contribution >= 0.6 is 7.82 Å². The van der Waals surface area contributed by atoms with Crippen LogP contribution in [-0.4, -0.2) is 49.9 Å². The van der Waals surface area contributed by atoms with Crippen molar-refractivity contribution in [3.8, 4) is 0 Å². The summed E-state index contributed by atoms with van der Waals surface area (Å²) in [7, 11) is -4.26. The fourth-order valence-electron chi connectivity index (χ4n) is 6.00. The Morgan fingerprint density at radius 2 is 0.917 bits per heavy atom. The van der Waals surface area contributed by atoms with E-state index in [2.05, 4.69) is 13.8 Å². The first-order valence-electron chi connectivity index (χ1n) is 20.5. The maximum absolute atomic E-state index is 12.5. The highest BCUT2D eigenvalue weighted by Crippen LogP contribution is 2.43. The van der Waals surface area contributed by atoms with Crippen molar-refractivity contribution in [2.24, 2.45) is 5.73 Å². The van der Waals surface area contributed by atoms with Crippen molar-refractivity contribution in [3.63, 3.8) is 0 Å². The number of ether oxygens (including phenoxy) is 2. The number of rotatable bonds is 40. The summed E-state index contributed by atoms with van der Waals surface area (Å²) in [5.41, 5.74) is 5.36. The van der Waals surface area contributed by atoms with Crippen molar-refractivity contribution in [1.82, 2.24) is 0 Å². The first-order chi connectivity index (χ1) is 23.4. The molecule has 1 unspecified atom stereocenters. The molecule has 0 aromatic rings. The van der Waals surface area contributed by atoms with Crippen LogP contribution in [0.1, 0.15) is 206 Å². The molecule has 2 atom stereocenters. The molecule has 0 aliphatic carbocycles. The van der Waals surface area contributed by atoms with Gasteiger partial charge in [0.05, 0.1) is 19.8 Å². The Morgan fingerprint density at radius 3 is 1.31 bits per heavy atom. The Kier molecular flexibility index (Phi) is 37.4. The molecule has 0 saturated heterocycles. The van der Waals surface area contributed by atoms with Gasteiger partial charge in [-0.05, 0) is 12.8 Å². The molecule has 288 valence electrons. The van der Waals surface area contributed by atoms with E-state index in [-0.39, 0.29) is 32.3 Å². The van der Waals surface area contributed by atoms with Gasteiger partial charge in [-0.15, -0.1) is 0 Å². The van der Waals surface area contributed by atoms with Crippen molar-refractivity contribution in [2.75, 3.05) is 33.0 Å². The molecule has 0 aromatic carbocycles. The van der Waals surface area contributed by atoms with Gasteiger partial charge in [0.2, 0.25) is 0 Å². The average Bonchev–Trinajstić information content (AvgIpc) is 3.07. The molecule has 8 nitrogen and oxygen atoms in total. The molecular weight excluding hydrogens is 625 g/mol. The maximum atomic E-state index is 12.5. The maximum Gasteiger partial charge on any atom is 0.472 e. The SMILES string of the molecule is CCCCCCCCCCCCCCCCCCOC[C@H](COP(=O)(O)OCCN)OC(=O)CCCCCCCCCCCCCCC. The number of carbonyl (C=O) groups excluding carboxylic acids is 1. The molecule has 9 heteroatoms. The molecule has 0 aliphatic heterocycles. The van der Waals surface area contributed by atoms with Gasteiger partial charge in [-0.3, -0.25) is 13.8 Å². The third-order valence-corrected chi connectivity index (χ3v) is 10.0. The number of esters is 1. The molecule has 0 rings (SSSR count). The molecule has 3 N–H and O–H groups in total. The highest BCUT2D eigenvalue weighted by atomic mass is 31.2. The normalized spacial score (nSPS) is 13.5. The Morgan fingerprint density at radius 1 is 0.542 bits per heavy atom. The van der Waals surface area contributed by atoms with Gasteiger partial charge >= 0.3 is 13.8 Å². The molecule has 0 bridgehead atoms. The molecular formula is C39H80NO7P. The number of hydrogen-bond donors (Lipinski definition) is 2. The molecule has 0 amide bonds. The van der Waals surface area contributed by atoms with Crippen LogP contribution in [0, 0.1) is 0 Å². The Labute approximate surface area is 297 Å². The van der Waals surface area contributed by atoms with E-state index >= 15 is 0 Å². The lowest BCUT2D eigenvalue weighted by Crippen LogP contribution is -2.28. The van der Waals surface area contributed by atoms with E-state index in [0.717, 1.165) is 32.1 Å². The van der Waals surface area contributed by atoms with E-state index in [1.807, 2.05) is 0 Å². The number of hydrogen-bond acceptors (Lipinski definition) is 7. The standard InChI is InChI=1S/C39H80NO7P/c1-3-5-7-9-11-13-15-17-18-19-21-23-25-27-29-31-34-44-36-38(37-46-48(42,43)45-35-33-40)47-39(41)32-30-28-26-24-22-20-16-14-12-10-8-6-4-2/h38H,3-37,40H2,1-2H3,(H,42,43)/t38-/m1/s1. The quantitative estimate of drug-likeness (QED) is 0.0367. The van der Waals surface area contributed by atoms with E-state index in [4.69, 9.17) is 24.3 Å². The van der Waals surface area contributed by atoms with Crippen molar-refractivity contribution in [3.05, 3.63) is 0 Å². The predicted octanol–water partition coefficient (Wildman–Crippen LogP) is 11.7. The fourth-order valence-corrected chi connectivity index (χ4v) is 6.76. The van der Waals surface area contributed by atoms with Crippen LogP contribution in [0.2, 0.25) is 0 Å². The van der Waals surface area contributed by atoms with Crippen LogP contribution < -0.4 is 5.73 Å². The van der Waals surface area contributed by atoms with Crippen molar-refractivity contribution >= 4 is 13.8 Å². The number of nitrogens with two attached hydrogens (primary N) is 1. The third-order valence-electron chi connectivity index (χ3n) is 9.02. The van der Waals surface area contributed by atoms with Gasteiger partial charge in [-0.1, -0.05) is 187 Å². The topological polar surface area (TPSA) is 117 Å². The van der Waals surface area contributed by atoms with Gasteiger partial charge in [0, 0.05) is 19.6 Å². The molecule has 0 aromatic heterocycles. The van der Waals surface area contributed by atoms with E-state index in [0.29, 0.717) is 13.0 Å². The molecule has 0 fully saturated rings. The summed E-state index contributed by atoms with van der Waals surface area (Å²) in [6.45, 7) is 4.97. The van der Waals surface area contributed by atoms with Crippen molar-refractivity contribution in [1.29, 1.82) is 0 Å². The molecule has 0 saturated carbocycles. The smallest absolute Gasteiger partial charge is 0.457 e. The predicted molar refractivity (Wildman–Crippen MR) is 201 cm³/mol. The molecule has 0 aliphatic rings. The molecule has 0 radical (unpaired) electrons. The second kappa shape index (κ2) is 37.7. The summed E-state index contributed by atoms with van der Waals surface area (Å²) in [4.78, 5) is 22.4. The van der Waals surface area contributed by atoms with Gasteiger partial charge in [-0.2, -0.15) is 0 Å². The van der Waals surface area contributed by atoms with Crippen LogP contribution in [0.25, 0.3) is 0 Å². The van der Waals surface area contributed by atoms with Crippen LogP contribution in [0.3, 0.4) is 0 Å². The lowest BCUT2D eigenvalue weighted by molar-refractivity contribution is -0.154. The number of unbranched alkanes of at least 4 members (excludes halogenated alkanes) is 27. The zero-order valence-corrected chi connectivity index (χ0v) is 32.6. The third kappa shape index (κ3) is 36.8. The summed E-state index contributed by atoms with van der Waals surface area (Å²) < 4.78 is 33.4. The minimum absolute atomic E-state index is 0.0902. The Bertz CT molecular complexity index is 712. The Hall–Kier alpha value is -0.500. The summed E-state index contributed by atoms with van der Waals surface area (Å²) in [5.74, 6) is -0.326. The monoisotopic (exact) mass is 706 g/mol. The minimum atomic E-state index is -4.26. The minimum Gasteiger partial charge on any atom is -0.457 e. The van der Waals surface area contributed by atoms with Crippen LogP contribution in [0.15, 0.2) is 0 Å². The second-order valence-electron chi connectivity index (χ2n) is 13.9. The van der Waals surface area contributed by atoms with Crippen molar-refractivity contribution < 1.29 is 32.8 Å². The number of phosphoric ester groups is 1. The van der Waals surface area contributed by atoms with Crippen LogP contribution in [-0.2, 0) is 27.9 Å². The molecule has 0 spiro atoms. The lowest BCUT2D eigenvalue weighted by Gasteiger charge is -2.20. The van der Waals surface area contributed by atoms with Gasteiger partial charge in [-0.25, -0.2) is 4.57 Å². The van der Waals surface area contributed by atoms with E-state index in [9.17, 15) is 14.3 Å². The van der Waals surface area contributed by atoms with Gasteiger partial charge in [0.25, 0.3) is 0 Å². The summed E-state index contributed by atoms with van der Waals surface area (Å²) in [5, 5.41) is 0. The van der Waals surface area contributed by atoms with E-state index < -0.39 is 13.9 Å². The zero-order valence-electron chi connectivity index (χ0n) is 31.7. The first-order valence-corrected chi connectivity index (χ1v) is 22.0. The number of phosphoric acid groups is 1. The van der Waals surface area contributed by atoms with Gasteiger partial charge < -0.3 is 20.1 Å². The Balaban J connectivity index is 4.00. The summed E-state index contributed by atoms with van der Waals surface area (Å²) >= 11 is 0. The highest BCUT2D eigenvalue weighted by Gasteiger charge is 2.25. The van der Waals surface area contributed by atoms with Crippen LogP contribution in [0.4, 0.5) is 0 Å². The average molecular weight is 706 g/mol. The zero-order chi connectivity index (χ0) is 35.2. The van der Waals surface area contributed by atoms with Crippen molar-refractivity contribution in [2.45, 2.75) is 213 Å². The van der Waals surface area contributed by atoms with E-state index in [1.165, 1.54) is 154 Å².